The second kappa shape index (κ2) is 14.0. The summed E-state index contributed by atoms with van der Waals surface area (Å²) in [5, 5.41) is 11.4. The van der Waals surface area contributed by atoms with Crippen LogP contribution in [0.15, 0.2) is 18.2 Å². The van der Waals surface area contributed by atoms with Crippen LogP contribution in [0.2, 0.25) is 0 Å². The standard InChI is InChI=1S/C30H40FN3O6.BrH/c1-9-37-22-13-18(12-20(30(6,7)8)26(22)40-29(36)33-17(4)5)21(35)16-34-15-19-14-23(38-10-2)27(39-11-3)25(31)24(19)28(34)32;/h12-14,17,32H,9-11,15-16H2,1-8H3,(H,33,36);1H. The Kier molecular flexibility index (Phi) is 11.6. The average Bonchev–Trinajstić information content (AvgIpc) is 3.16. The second-order valence-electron chi connectivity index (χ2n) is 10.8. The van der Waals surface area contributed by atoms with Gasteiger partial charge in [0.05, 0.1) is 31.9 Å². The number of ether oxygens (including phenoxy) is 4. The highest BCUT2D eigenvalue weighted by Gasteiger charge is 2.34. The third kappa shape index (κ3) is 7.69. The molecule has 226 valence electrons. The molecule has 0 bridgehead atoms. The fourth-order valence-corrected chi connectivity index (χ4v) is 4.47. The predicted octanol–water partition coefficient (Wildman–Crippen LogP) is 6.42. The van der Waals surface area contributed by atoms with Crippen molar-refractivity contribution in [3.8, 4) is 23.0 Å². The van der Waals surface area contributed by atoms with Crippen LogP contribution in [-0.4, -0.2) is 55.0 Å². The van der Waals surface area contributed by atoms with Crippen molar-refractivity contribution < 1.29 is 32.9 Å². The molecule has 1 heterocycles. The summed E-state index contributed by atoms with van der Waals surface area (Å²) in [7, 11) is 0. The molecule has 3 rings (SSSR count). The summed E-state index contributed by atoms with van der Waals surface area (Å²) < 4.78 is 38.0. The van der Waals surface area contributed by atoms with Crippen LogP contribution in [-0.2, 0) is 12.0 Å². The third-order valence-electron chi connectivity index (χ3n) is 6.19. The van der Waals surface area contributed by atoms with Gasteiger partial charge >= 0.3 is 6.09 Å². The maximum Gasteiger partial charge on any atom is 0.412 e. The molecule has 11 heteroatoms. The minimum Gasteiger partial charge on any atom is -0.490 e. The smallest absolute Gasteiger partial charge is 0.412 e. The third-order valence-corrected chi connectivity index (χ3v) is 6.19. The van der Waals surface area contributed by atoms with E-state index in [1.54, 1.807) is 39.0 Å². The molecule has 41 heavy (non-hydrogen) atoms. The Morgan fingerprint density at radius 1 is 1.00 bits per heavy atom. The summed E-state index contributed by atoms with van der Waals surface area (Å²) in [5.74, 6) is -0.305. The van der Waals surface area contributed by atoms with E-state index in [1.807, 2.05) is 34.6 Å². The summed E-state index contributed by atoms with van der Waals surface area (Å²) in [6.07, 6.45) is -0.622. The SMILES string of the molecule is Br.CCOc1cc(C(=O)CN2Cc3cc(OCC)c(OCC)c(F)c3C2=N)cc(C(C)(C)C)c1OC(=O)NC(C)C. The summed E-state index contributed by atoms with van der Waals surface area (Å²) in [4.78, 5) is 27.6. The topological polar surface area (TPSA) is 110 Å². The quantitative estimate of drug-likeness (QED) is 0.274. The van der Waals surface area contributed by atoms with E-state index >= 15 is 4.39 Å². The van der Waals surface area contributed by atoms with E-state index in [1.165, 1.54) is 4.90 Å². The molecule has 0 unspecified atom stereocenters. The first kappa shape index (κ1) is 33.9. The minimum absolute atomic E-state index is 0. The number of carbonyl (C=O) groups excluding carboxylic acids is 2. The molecule has 9 nitrogen and oxygen atoms in total. The lowest BCUT2D eigenvalue weighted by Crippen LogP contribution is -2.33. The Labute approximate surface area is 252 Å². The zero-order chi connectivity index (χ0) is 29.8. The lowest BCUT2D eigenvalue weighted by atomic mass is 9.84. The van der Waals surface area contributed by atoms with Gasteiger partial charge in [-0.15, -0.1) is 17.0 Å². The van der Waals surface area contributed by atoms with Crippen molar-refractivity contribution in [3.05, 3.63) is 46.3 Å². The van der Waals surface area contributed by atoms with Crippen LogP contribution in [0.25, 0.3) is 0 Å². The first-order valence-electron chi connectivity index (χ1n) is 13.6. The Morgan fingerprint density at radius 2 is 1.59 bits per heavy atom. The number of hydrogen-bond donors (Lipinski definition) is 2. The molecule has 0 atom stereocenters. The maximum atomic E-state index is 15.5. The monoisotopic (exact) mass is 637 g/mol. The van der Waals surface area contributed by atoms with E-state index in [9.17, 15) is 9.59 Å². The molecule has 0 radical (unpaired) electrons. The largest absolute Gasteiger partial charge is 0.490 e. The highest BCUT2D eigenvalue weighted by Crippen LogP contribution is 2.41. The number of hydrogen-bond acceptors (Lipinski definition) is 7. The first-order valence-corrected chi connectivity index (χ1v) is 13.6. The molecule has 0 aromatic heterocycles. The molecule has 2 N–H and O–H groups in total. The Morgan fingerprint density at radius 3 is 2.12 bits per heavy atom. The Bertz CT molecular complexity index is 1290. The Hall–Kier alpha value is -3.34. The molecule has 0 saturated carbocycles. The van der Waals surface area contributed by atoms with Gasteiger partial charge in [0.25, 0.3) is 0 Å². The van der Waals surface area contributed by atoms with E-state index < -0.39 is 17.3 Å². The van der Waals surface area contributed by atoms with Crippen LogP contribution in [0.4, 0.5) is 9.18 Å². The van der Waals surface area contributed by atoms with Gasteiger partial charge in [-0.1, -0.05) is 20.8 Å². The molecule has 1 aliphatic heterocycles. The normalized spacial score (nSPS) is 12.5. The number of benzene rings is 2. The van der Waals surface area contributed by atoms with Crippen molar-refractivity contribution in [3.63, 3.8) is 0 Å². The number of ketones is 1. The van der Waals surface area contributed by atoms with Crippen LogP contribution in [0.3, 0.4) is 0 Å². The van der Waals surface area contributed by atoms with E-state index in [0.717, 1.165) is 0 Å². The maximum absolute atomic E-state index is 15.5. The number of halogens is 2. The molecule has 1 amide bonds. The molecule has 0 aliphatic carbocycles. The van der Waals surface area contributed by atoms with Gasteiger partial charge in [0.1, 0.15) is 5.84 Å². The number of nitrogens with zero attached hydrogens (tertiary/aromatic N) is 1. The van der Waals surface area contributed by atoms with E-state index in [2.05, 4.69) is 5.32 Å². The highest BCUT2D eigenvalue weighted by atomic mass is 79.9. The molecular weight excluding hydrogens is 597 g/mol. The van der Waals surface area contributed by atoms with E-state index in [0.29, 0.717) is 29.9 Å². The van der Waals surface area contributed by atoms with Crippen molar-refractivity contribution in [1.29, 1.82) is 5.41 Å². The van der Waals surface area contributed by atoms with Crippen molar-refractivity contribution >= 4 is 34.7 Å². The fourth-order valence-electron chi connectivity index (χ4n) is 4.47. The summed E-state index contributed by atoms with van der Waals surface area (Å²) in [6, 6.07) is 4.79. The highest BCUT2D eigenvalue weighted by molar-refractivity contribution is 8.93. The molecular formula is C30H41BrFN3O6. The lowest BCUT2D eigenvalue weighted by molar-refractivity contribution is 0.0962. The number of Topliss-reactive ketones (excluding diaryl/α,β-unsaturated/α-hetero) is 1. The zero-order valence-corrected chi connectivity index (χ0v) is 26.7. The van der Waals surface area contributed by atoms with Crippen molar-refractivity contribution in [2.75, 3.05) is 26.4 Å². The molecule has 1 aliphatic rings. The van der Waals surface area contributed by atoms with Crippen molar-refractivity contribution in [1.82, 2.24) is 10.2 Å². The molecule has 0 spiro atoms. The van der Waals surface area contributed by atoms with Crippen LogP contribution in [0.1, 0.15) is 82.4 Å². The lowest BCUT2D eigenvalue weighted by Gasteiger charge is -2.26. The van der Waals surface area contributed by atoms with E-state index in [-0.39, 0.29) is 82.9 Å². The number of nitrogens with one attached hydrogen (secondary N) is 2. The fraction of sp³-hybridized carbons (Fsp3) is 0.500. The van der Waals surface area contributed by atoms with Gasteiger partial charge in [-0.05, 0) is 63.8 Å². The number of fused-ring (bicyclic) bond motifs is 1. The van der Waals surface area contributed by atoms with Gasteiger partial charge in [0.15, 0.2) is 34.6 Å². The van der Waals surface area contributed by atoms with Gasteiger partial charge in [-0.3, -0.25) is 10.2 Å². The number of rotatable bonds is 11. The van der Waals surface area contributed by atoms with Crippen LogP contribution in [0, 0.1) is 11.2 Å². The van der Waals surface area contributed by atoms with Crippen molar-refractivity contribution in [2.45, 2.75) is 73.4 Å². The van der Waals surface area contributed by atoms with E-state index in [4.69, 9.17) is 24.4 Å². The summed E-state index contributed by atoms with van der Waals surface area (Å²) in [6.45, 7) is 15.7. The number of carbonyl (C=O) groups is 2. The minimum atomic E-state index is -0.669. The first-order chi connectivity index (χ1) is 18.8. The predicted molar refractivity (Wildman–Crippen MR) is 161 cm³/mol. The van der Waals surface area contributed by atoms with Gasteiger partial charge in [-0.2, -0.15) is 0 Å². The molecule has 0 saturated heterocycles. The molecule has 0 fully saturated rings. The number of amidine groups is 1. The van der Waals surface area contributed by atoms with Crippen LogP contribution >= 0.6 is 17.0 Å². The second-order valence-corrected chi connectivity index (χ2v) is 10.8. The van der Waals surface area contributed by atoms with Gasteiger partial charge < -0.3 is 29.2 Å². The van der Waals surface area contributed by atoms with Crippen LogP contribution in [0.5, 0.6) is 23.0 Å². The van der Waals surface area contributed by atoms with Gasteiger partial charge in [-0.25, -0.2) is 9.18 Å². The molecule has 2 aromatic carbocycles. The summed E-state index contributed by atoms with van der Waals surface area (Å²) >= 11 is 0. The number of amides is 1. The van der Waals surface area contributed by atoms with Crippen LogP contribution < -0.4 is 24.3 Å². The molecule has 2 aromatic rings. The van der Waals surface area contributed by atoms with Gasteiger partial charge in [0, 0.05) is 23.7 Å². The Balaban J connectivity index is 0.00000588. The zero-order valence-electron chi connectivity index (χ0n) is 25.0. The summed E-state index contributed by atoms with van der Waals surface area (Å²) in [5.41, 5.74) is 1.10. The average molecular weight is 639 g/mol. The van der Waals surface area contributed by atoms with Crippen molar-refractivity contribution in [2.24, 2.45) is 0 Å². The van der Waals surface area contributed by atoms with Gasteiger partial charge in [0.2, 0.25) is 0 Å².